The van der Waals surface area contributed by atoms with E-state index in [2.05, 4.69) is 43.9 Å². The number of fused-ring (bicyclic) bond motifs is 1. The first kappa shape index (κ1) is 23.4. The van der Waals surface area contributed by atoms with Gasteiger partial charge in [-0.15, -0.1) is 0 Å². The maximum absolute atomic E-state index is 13.3. The summed E-state index contributed by atoms with van der Waals surface area (Å²) in [4.78, 5) is 18.0. The molecular formula is C26H23Br2N3O2. The van der Waals surface area contributed by atoms with Gasteiger partial charge >= 0.3 is 0 Å². The lowest BCUT2D eigenvalue weighted by atomic mass is 10.2. The molecule has 4 aromatic rings. The first-order chi connectivity index (χ1) is 16.0. The van der Waals surface area contributed by atoms with Crippen LogP contribution in [0.15, 0.2) is 85.6 Å². The Morgan fingerprint density at radius 1 is 1.03 bits per heavy atom. The van der Waals surface area contributed by atoms with Crippen LogP contribution in [0.3, 0.4) is 0 Å². The zero-order valence-corrected chi connectivity index (χ0v) is 21.3. The van der Waals surface area contributed by atoms with Crippen LogP contribution in [0.4, 0.5) is 0 Å². The molecule has 168 valence electrons. The van der Waals surface area contributed by atoms with Gasteiger partial charge in [0.1, 0.15) is 18.2 Å². The highest BCUT2D eigenvalue weighted by atomic mass is 79.9. The quantitative estimate of drug-likeness (QED) is 0.222. The number of hydrogen-bond acceptors (Lipinski definition) is 4. The Labute approximate surface area is 209 Å². The van der Waals surface area contributed by atoms with Crippen LogP contribution in [0.25, 0.3) is 10.9 Å². The van der Waals surface area contributed by atoms with E-state index >= 15 is 0 Å². The SMILES string of the molecule is CCCCc1nc2ccc(Br)cc2c(=O)n1N=Cc1cc(Br)ccc1OCc1ccccc1. The Morgan fingerprint density at radius 2 is 1.79 bits per heavy atom. The van der Waals surface area contributed by atoms with Crippen LogP contribution >= 0.6 is 31.9 Å². The van der Waals surface area contributed by atoms with E-state index < -0.39 is 0 Å². The van der Waals surface area contributed by atoms with Gasteiger partial charge in [0.2, 0.25) is 0 Å². The second kappa shape index (κ2) is 10.9. The van der Waals surface area contributed by atoms with Crippen LogP contribution < -0.4 is 10.3 Å². The van der Waals surface area contributed by atoms with Crippen molar-refractivity contribution in [3.8, 4) is 5.75 Å². The fourth-order valence-corrected chi connectivity index (χ4v) is 4.16. The summed E-state index contributed by atoms with van der Waals surface area (Å²) < 4.78 is 9.19. The standard InChI is InChI=1S/C26H23Br2N3O2/c1-2-3-9-25-30-23-12-10-21(28)15-22(23)26(32)31(25)29-16-19-14-20(27)11-13-24(19)33-17-18-7-5-4-6-8-18/h4-8,10-16H,2-3,9,17H2,1H3. The van der Waals surface area contributed by atoms with Crippen molar-refractivity contribution < 1.29 is 4.74 Å². The molecule has 0 radical (unpaired) electrons. The molecule has 0 aliphatic heterocycles. The number of hydrogen-bond donors (Lipinski definition) is 0. The van der Waals surface area contributed by atoms with Crippen molar-refractivity contribution in [2.75, 3.05) is 0 Å². The Hall–Kier alpha value is -2.77. The van der Waals surface area contributed by atoms with Gasteiger partial charge in [0, 0.05) is 20.9 Å². The smallest absolute Gasteiger partial charge is 0.282 e. The molecule has 0 unspecified atom stereocenters. The maximum atomic E-state index is 13.3. The van der Waals surface area contributed by atoms with Crippen LogP contribution in [0, 0.1) is 0 Å². The molecule has 0 N–H and O–H groups in total. The zero-order chi connectivity index (χ0) is 23.2. The second-order valence-corrected chi connectivity index (χ2v) is 9.44. The Bertz CT molecular complexity index is 1350. The molecule has 0 atom stereocenters. The van der Waals surface area contributed by atoms with Crippen molar-refractivity contribution >= 4 is 49.0 Å². The normalized spacial score (nSPS) is 11.4. The summed E-state index contributed by atoms with van der Waals surface area (Å²) >= 11 is 6.96. The summed E-state index contributed by atoms with van der Waals surface area (Å²) in [6, 6.07) is 21.3. The van der Waals surface area contributed by atoms with E-state index in [0.717, 1.165) is 32.9 Å². The first-order valence-electron chi connectivity index (χ1n) is 10.8. The van der Waals surface area contributed by atoms with Crippen LogP contribution in [-0.2, 0) is 13.0 Å². The topological polar surface area (TPSA) is 56.5 Å². The lowest BCUT2D eigenvalue weighted by molar-refractivity contribution is 0.305. The predicted octanol–water partition coefficient (Wildman–Crippen LogP) is 6.73. The van der Waals surface area contributed by atoms with Gasteiger partial charge in [0.05, 0.1) is 17.1 Å². The van der Waals surface area contributed by atoms with Crippen LogP contribution in [0.1, 0.15) is 36.7 Å². The third-order valence-electron chi connectivity index (χ3n) is 5.15. The summed E-state index contributed by atoms with van der Waals surface area (Å²) in [5.41, 5.74) is 2.33. The molecule has 7 heteroatoms. The summed E-state index contributed by atoms with van der Waals surface area (Å²) in [5.74, 6) is 1.33. The zero-order valence-electron chi connectivity index (χ0n) is 18.2. The largest absolute Gasteiger partial charge is 0.488 e. The van der Waals surface area contributed by atoms with Crippen molar-refractivity contribution in [3.63, 3.8) is 0 Å². The van der Waals surface area contributed by atoms with Gasteiger partial charge in [-0.1, -0.05) is 75.5 Å². The summed E-state index contributed by atoms with van der Waals surface area (Å²) in [7, 11) is 0. The van der Waals surface area contributed by atoms with Gasteiger partial charge in [0.25, 0.3) is 5.56 Å². The molecule has 4 rings (SSSR count). The minimum Gasteiger partial charge on any atom is -0.488 e. The number of unbranched alkanes of at least 4 members (excludes halogenated alkanes) is 1. The van der Waals surface area contributed by atoms with Gasteiger partial charge < -0.3 is 4.74 Å². The Kier molecular flexibility index (Phi) is 7.73. The lowest BCUT2D eigenvalue weighted by Crippen LogP contribution is -2.22. The fraction of sp³-hybridized carbons (Fsp3) is 0.192. The molecule has 0 aliphatic carbocycles. The van der Waals surface area contributed by atoms with Gasteiger partial charge in [-0.2, -0.15) is 9.78 Å². The van der Waals surface area contributed by atoms with Gasteiger partial charge in [-0.3, -0.25) is 4.79 Å². The molecular weight excluding hydrogens is 546 g/mol. The average molecular weight is 569 g/mol. The van der Waals surface area contributed by atoms with E-state index in [1.54, 1.807) is 12.3 Å². The van der Waals surface area contributed by atoms with Gasteiger partial charge in [-0.25, -0.2) is 4.98 Å². The van der Waals surface area contributed by atoms with Crippen molar-refractivity contribution in [3.05, 3.63) is 103 Å². The number of benzene rings is 3. The average Bonchev–Trinajstić information content (AvgIpc) is 2.83. The summed E-state index contributed by atoms with van der Waals surface area (Å²) in [5, 5.41) is 5.09. The number of nitrogens with zero attached hydrogens (tertiary/aromatic N) is 3. The molecule has 0 aliphatic rings. The monoisotopic (exact) mass is 567 g/mol. The van der Waals surface area contributed by atoms with Crippen LogP contribution in [0.2, 0.25) is 0 Å². The molecule has 0 saturated carbocycles. The van der Waals surface area contributed by atoms with Crippen LogP contribution in [-0.4, -0.2) is 15.9 Å². The molecule has 33 heavy (non-hydrogen) atoms. The van der Waals surface area contributed by atoms with E-state index in [1.807, 2.05) is 60.7 Å². The van der Waals surface area contributed by atoms with Crippen LogP contribution in [0.5, 0.6) is 5.75 Å². The molecule has 0 amide bonds. The highest BCUT2D eigenvalue weighted by Crippen LogP contribution is 2.23. The molecule has 3 aromatic carbocycles. The molecule has 5 nitrogen and oxygen atoms in total. The Morgan fingerprint density at radius 3 is 2.58 bits per heavy atom. The highest BCUT2D eigenvalue weighted by molar-refractivity contribution is 9.10. The molecule has 1 aromatic heterocycles. The maximum Gasteiger partial charge on any atom is 0.282 e. The Balaban J connectivity index is 1.72. The minimum atomic E-state index is -0.189. The van der Waals surface area contributed by atoms with E-state index in [-0.39, 0.29) is 5.56 Å². The van der Waals surface area contributed by atoms with E-state index in [1.165, 1.54) is 4.68 Å². The van der Waals surface area contributed by atoms with Crippen molar-refractivity contribution in [2.45, 2.75) is 32.8 Å². The third-order valence-corrected chi connectivity index (χ3v) is 6.14. The fourth-order valence-electron chi connectivity index (χ4n) is 3.42. The van der Waals surface area contributed by atoms with Gasteiger partial charge in [0.15, 0.2) is 0 Å². The van der Waals surface area contributed by atoms with Crippen molar-refractivity contribution in [1.82, 2.24) is 9.66 Å². The molecule has 0 fully saturated rings. The van der Waals surface area contributed by atoms with Crippen molar-refractivity contribution in [2.24, 2.45) is 5.10 Å². The van der Waals surface area contributed by atoms with E-state index in [4.69, 9.17) is 9.72 Å². The van der Waals surface area contributed by atoms with E-state index in [0.29, 0.717) is 35.5 Å². The third kappa shape index (κ3) is 5.78. The molecule has 0 spiro atoms. The number of aromatic nitrogens is 2. The lowest BCUT2D eigenvalue weighted by Gasteiger charge is -2.11. The second-order valence-electron chi connectivity index (χ2n) is 7.61. The molecule has 0 bridgehead atoms. The molecule has 1 heterocycles. The number of aryl methyl sites for hydroxylation is 1. The summed E-state index contributed by atoms with van der Waals surface area (Å²) in [6.07, 6.45) is 4.26. The van der Waals surface area contributed by atoms with E-state index in [9.17, 15) is 4.79 Å². The highest BCUT2D eigenvalue weighted by Gasteiger charge is 2.11. The minimum absolute atomic E-state index is 0.189. The summed E-state index contributed by atoms with van der Waals surface area (Å²) in [6.45, 7) is 2.55. The van der Waals surface area contributed by atoms with Crippen molar-refractivity contribution in [1.29, 1.82) is 0 Å². The van der Waals surface area contributed by atoms with Gasteiger partial charge in [-0.05, 0) is 48.4 Å². The molecule has 0 saturated heterocycles. The number of halogens is 2. The number of ether oxygens (including phenoxy) is 1. The predicted molar refractivity (Wildman–Crippen MR) is 140 cm³/mol. The first-order valence-corrected chi connectivity index (χ1v) is 12.4. The number of rotatable bonds is 8.